The third kappa shape index (κ3) is 4.95. The number of halogens is 1. The third-order valence-electron chi connectivity index (χ3n) is 3.82. The number of methoxy groups -OCH3 is 2. The molecule has 1 aromatic heterocycles. The first-order chi connectivity index (χ1) is 10.2. The molecule has 8 heteroatoms. The van der Waals surface area contributed by atoms with E-state index < -0.39 is 0 Å². The van der Waals surface area contributed by atoms with Gasteiger partial charge in [0.25, 0.3) is 5.91 Å². The summed E-state index contributed by atoms with van der Waals surface area (Å²) in [5.74, 6) is 0.311. The minimum absolute atomic E-state index is 0. The SMILES string of the molecule is COCc1cc(C(=O)NCC2(COC)CCNCC2)no1.Cl. The molecule has 0 aromatic carbocycles. The van der Waals surface area contributed by atoms with Gasteiger partial charge in [0.05, 0.1) is 6.61 Å². The van der Waals surface area contributed by atoms with Crippen LogP contribution in [0.25, 0.3) is 0 Å². The third-order valence-corrected chi connectivity index (χ3v) is 3.82. The molecule has 2 heterocycles. The molecule has 0 unspecified atom stereocenters. The van der Waals surface area contributed by atoms with Crippen molar-refractivity contribution in [3.05, 3.63) is 17.5 Å². The molecule has 1 aromatic rings. The maximum Gasteiger partial charge on any atom is 0.273 e. The minimum Gasteiger partial charge on any atom is -0.384 e. The predicted octanol–water partition coefficient (Wildman–Crippen LogP) is 0.989. The van der Waals surface area contributed by atoms with Crippen LogP contribution in [-0.2, 0) is 16.1 Å². The number of amides is 1. The first-order valence-electron chi connectivity index (χ1n) is 7.11. The Bertz CT molecular complexity index is 455. The van der Waals surface area contributed by atoms with Gasteiger partial charge in [-0.15, -0.1) is 12.4 Å². The number of nitrogens with one attached hydrogen (secondary N) is 2. The van der Waals surface area contributed by atoms with Gasteiger partial charge in [-0.3, -0.25) is 4.79 Å². The summed E-state index contributed by atoms with van der Waals surface area (Å²) in [6.07, 6.45) is 1.96. The maximum atomic E-state index is 12.1. The average molecular weight is 334 g/mol. The Morgan fingerprint density at radius 3 is 2.77 bits per heavy atom. The zero-order valence-electron chi connectivity index (χ0n) is 13.0. The first kappa shape index (κ1) is 18.9. The molecule has 7 nitrogen and oxygen atoms in total. The number of carbonyl (C=O) groups is 1. The quantitative estimate of drug-likeness (QED) is 0.774. The van der Waals surface area contributed by atoms with Crippen molar-refractivity contribution in [2.24, 2.45) is 5.41 Å². The fraction of sp³-hybridized carbons (Fsp3) is 0.714. The van der Waals surface area contributed by atoms with Crippen LogP contribution >= 0.6 is 12.4 Å². The van der Waals surface area contributed by atoms with Crippen LogP contribution in [0.15, 0.2) is 10.6 Å². The molecule has 1 aliphatic rings. The summed E-state index contributed by atoms with van der Waals surface area (Å²) in [4.78, 5) is 12.1. The summed E-state index contributed by atoms with van der Waals surface area (Å²) in [7, 11) is 3.26. The van der Waals surface area contributed by atoms with Crippen molar-refractivity contribution in [1.29, 1.82) is 0 Å². The minimum atomic E-state index is -0.227. The number of aromatic nitrogens is 1. The van der Waals surface area contributed by atoms with Crippen LogP contribution in [0.5, 0.6) is 0 Å². The Kier molecular flexibility index (Phi) is 7.81. The lowest BCUT2D eigenvalue weighted by Gasteiger charge is -2.37. The number of piperidine rings is 1. The normalized spacial score (nSPS) is 16.8. The van der Waals surface area contributed by atoms with Crippen molar-refractivity contribution in [3.8, 4) is 0 Å². The number of rotatable bonds is 7. The molecule has 2 N–H and O–H groups in total. The van der Waals surface area contributed by atoms with Crippen LogP contribution in [-0.4, -0.2) is 51.5 Å². The molecular weight excluding hydrogens is 310 g/mol. The van der Waals surface area contributed by atoms with Gasteiger partial charge >= 0.3 is 0 Å². The molecule has 2 rings (SSSR count). The molecule has 1 saturated heterocycles. The van der Waals surface area contributed by atoms with E-state index in [9.17, 15) is 4.79 Å². The Balaban J connectivity index is 0.00000242. The summed E-state index contributed by atoms with van der Waals surface area (Å²) in [5.41, 5.74) is 0.276. The molecule has 126 valence electrons. The van der Waals surface area contributed by atoms with Gasteiger partial charge in [0.15, 0.2) is 11.5 Å². The van der Waals surface area contributed by atoms with Crippen molar-refractivity contribution in [1.82, 2.24) is 15.8 Å². The van der Waals surface area contributed by atoms with Gasteiger partial charge in [-0.05, 0) is 25.9 Å². The largest absolute Gasteiger partial charge is 0.384 e. The van der Waals surface area contributed by atoms with E-state index in [0.717, 1.165) is 25.9 Å². The molecule has 1 fully saturated rings. The summed E-state index contributed by atoms with van der Waals surface area (Å²) >= 11 is 0. The molecule has 0 atom stereocenters. The highest BCUT2D eigenvalue weighted by Gasteiger charge is 2.32. The molecule has 0 aliphatic carbocycles. The highest BCUT2D eigenvalue weighted by molar-refractivity contribution is 5.92. The van der Waals surface area contributed by atoms with Crippen LogP contribution in [0.1, 0.15) is 29.1 Å². The van der Waals surface area contributed by atoms with Gasteiger partial charge in [-0.1, -0.05) is 5.16 Å². The number of nitrogens with zero attached hydrogens (tertiary/aromatic N) is 1. The lowest BCUT2D eigenvalue weighted by Crippen LogP contribution is -2.47. The van der Waals surface area contributed by atoms with Gasteiger partial charge in [0.2, 0.25) is 0 Å². The van der Waals surface area contributed by atoms with E-state index in [1.54, 1.807) is 20.3 Å². The van der Waals surface area contributed by atoms with E-state index in [1.165, 1.54) is 0 Å². The monoisotopic (exact) mass is 333 g/mol. The second-order valence-electron chi connectivity index (χ2n) is 5.48. The van der Waals surface area contributed by atoms with Crippen molar-refractivity contribution >= 4 is 18.3 Å². The molecule has 0 radical (unpaired) electrons. The average Bonchev–Trinajstić information content (AvgIpc) is 2.95. The molecule has 1 aliphatic heterocycles. The smallest absolute Gasteiger partial charge is 0.273 e. The van der Waals surface area contributed by atoms with Crippen molar-refractivity contribution < 1.29 is 18.8 Å². The maximum absolute atomic E-state index is 12.1. The van der Waals surface area contributed by atoms with Gasteiger partial charge in [-0.2, -0.15) is 0 Å². The standard InChI is InChI=1S/C14H23N3O4.ClH/c1-19-8-11-7-12(17-21-11)13(18)16-9-14(10-20-2)3-5-15-6-4-14;/h7,15H,3-6,8-10H2,1-2H3,(H,16,18);1H. The summed E-state index contributed by atoms with van der Waals surface area (Å²) in [5, 5.41) is 10.0. The van der Waals surface area contributed by atoms with Crippen molar-refractivity contribution in [3.63, 3.8) is 0 Å². The van der Waals surface area contributed by atoms with Gasteiger partial charge in [-0.25, -0.2) is 0 Å². The van der Waals surface area contributed by atoms with E-state index >= 15 is 0 Å². The number of hydrogen-bond donors (Lipinski definition) is 2. The topological polar surface area (TPSA) is 85.6 Å². The predicted molar refractivity (Wildman–Crippen MR) is 83.2 cm³/mol. The van der Waals surface area contributed by atoms with Gasteiger partial charge < -0.3 is 24.6 Å². The Morgan fingerprint density at radius 1 is 1.41 bits per heavy atom. The molecular formula is C14H24ClN3O4. The molecule has 0 bridgehead atoms. The van der Waals surface area contributed by atoms with Gasteiger partial charge in [0.1, 0.15) is 6.61 Å². The summed E-state index contributed by atoms with van der Waals surface area (Å²) in [6.45, 7) is 3.42. The lowest BCUT2D eigenvalue weighted by atomic mass is 9.79. The van der Waals surface area contributed by atoms with E-state index in [2.05, 4.69) is 15.8 Å². The Labute approximate surface area is 136 Å². The molecule has 0 saturated carbocycles. The van der Waals surface area contributed by atoms with E-state index in [1.807, 2.05) is 0 Å². The van der Waals surface area contributed by atoms with Crippen LogP contribution in [0.3, 0.4) is 0 Å². The first-order valence-corrected chi connectivity index (χ1v) is 7.11. The second kappa shape index (κ2) is 9.09. The zero-order chi connectivity index (χ0) is 15.1. The fourth-order valence-corrected chi connectivity index (χ4v) is 2.62. The molecule has 0 spiro atoms. The van der Waals surface area contributed by atoms with Crippen molar-refractivity contribution in [2.45, 2.75) is 19.4 Å². The van der Waals surface area contributed by atoms with E-state index in [4.69, 9.17) is 14.0 Å². The van der Waals surface area contributed by atoms with Crippen LogP contribution in [0.2, 0.25) is 0 Å². The second-order valence-corrected chi connectivity index (χ2v) is 5.48. The van der Waals surface area contributed by atoms with Gasteiger partial charge in [0, 0.05) is 32.2 Å². The van der Waals surface area contributed by atoms with E-state index in [-0.39, 0.29) is 29.4 Å². The van der Waals surface area contributed by atoms with Crippen LogP contribution in [0.4, 0.5) is 0 Å². The molecule has 22 heavy (non-hydrogen) atoms. The number of carbonyl (C=O) groups excluding carboxylic acids is 1. The Hall–Kier alpha value is -1.15. The highest BCUT2D eigenvalue weighted by atomic mass is 35.5. The van der Waals surface area contributed by atoms with Crippen molar-refractivity contribution in [2.75, 3.05) is 40.5 Å². The number of hydrogen-bond acceptors (Lipinski definition) is 6. The molecule has 1 amide bonds. The lowest BCUT2D eigenvalue weighted by molar-refractivity contribution is 0.0510. The van der Waals surface area contributed by atoms with E-state index in [0.29, 0.717) is 25.5 Å². The fourth-order valence-electron chi connectivity index (χ4n) is 2.62. The zero-order valence-corrected chi connectivity index (χ0v) is 13.8. The summed E-state index contributed by atoms with van der Waals surface area (Å²) < 4.78 is 15.3. The van der Waals surface area contributed by atoms with Crippen LogP contribution < -0.4 is 10.6 Å². The Morgan fingerprint density at radius 2 is 2.14 bits per heavy atom. The van der Waals surface area contributed by atoms with Crippen LogP contribution in [0, 0.1) is 5.41 Å². The number of ether oxygens (including phenoxy) is 2. The highest BCUT2D eigenvalue weighted by Crippen LogP contribution is 2.28. The summed E-state index contributed by atoms with van der Waals surface area (Å²) in [6, 6.07) is 1.60.